The number of hydrogen-bond acceptors (Lipinski definition) is 1. The van der Waals surface area contributed by atoms with Gasteiger partial charge in [-0.3, -0.25) is 0 Å². The topological polar surface area (TPSA) is 9.23 Å². The molecule has 1 nitrogen and oxygen atoms in total. The Labute approximate surface area is 90.3 Å². The SMILES string of the molecule is [CH2]c1ccccc1Oc1cccc(C)c1. The summed E-state index contributed by atoms with van der Waals surface area (Å²) in [5.74, 6) is 1.66. The lowest BCUT2D eigenvalue weighted by molar-refractivity contribution is 0.480. The summed E-state index contributed by atoms with van der Waals surface area (Å²) in [7, 11) is 0. The second kappa shape index (κ2) is 4.18. The van der Waals surface area contributed by atoms with E-state index in [0.717, 1.165) is 17.1 Å². The van der Waals surface area contributed by atoms with E-state index in [1.807, 2.05) is 55.5 Å². The van der Waals surface area contributed by atoms with Crippen LogP contribution in [0.4, 0.5) is 0 Å². The monoisotopic (exact) mass is 197 g/mol. The molecular formula is C14H13O. The molecule has 1 heteroatoms. The summed E-state index contributed by atoms with van der Waals surface area (Å²) in [6.07, 6.45) is 0. The number of ether oxygens (including phenoxy) is 1. The molecule has 1 radical (unpaired) electrons. The molecule has 0 saturated carbocycles. The Hall–Kier alpha value is -1.76. The lowest BCUT2D eigenvalue weighted by atomic mass is 10.2. The standard InChI is InChI=1S/C14H13O/c1-11-6-5-8-13(10-11)15-14-9-4-3-7-12(14)2/h3-10H,2H2,1H3. The van der Waals surface area contributed by atoms with E-state index in [4.69, 9.17) is 4.74 Å². The normalized spacial score (nSPS) is 10.0. The highest BCUT2D eigenvalue weighted by molar-refractivity contribution is 5.40. The molecule has 0 saturated heterocycles. The molecule has 0 unspecified atom stereocenters. The van der Waals surface area contributed by atoms with Gasteiger partial charge in [-0.25, -0.2) is 0 Å². The Balaban J connectivity index is 2.26. The first-order valence-electron chi connectivity index (χ1n) is 4.91. The van der Waals surface area contributed by atoms with E-state index in [2.05, 4.69) is 6.92 Å². The highest BCUT2D eigenvalue weighted by Gasteiger charge is 1.99. The molecule has 2 rings (SSSR count). The molecule has 0 heterocycles. The summed E-state index contributed by atoms with van der Waals surface area (Å²) in [5.41, 5.74) is 2.09. The van der Waals surface area contributed by atoms with Gasteiger partial charge in [0.05, 0.1) is 0 Å². The number of aryl methyl sites for hydroxylation is 1. The molecule has 0 spiro atoms. The van der Waals surface area contributed by atoms with Gasteiger partial charge in [0.15, 0.2) is 0 Å². The van der Waals surface area contributed by atoms with Crippen molar-refractivity contribution < 1.29 is 4.74 Å². The largest absolute Gasteiger partial charge is 0.457 e. The molecule has 0 aliphatic rings. The summed E-state index contributed by atoms with van der Waals surface area (Å²) in [4.78, 5) is 0. The smallest absolute Gasteiger partial charge is 0.130 e. The third-order valence-electron chi connectivity index (χ3n) is 2.19. The molecule has 0 fully saturated rings. The van der Waals surface area contributed by atoms with Crippen molar-refractivity contribution in [3.8, 4) is 11.5 Å². The predicted octanol–water partition coefficient (Wildman–Crippen LogP) is 3.97. The zero-order chi connectivity index (χ0) is 10.7. The van der Waals surface area contributed by atoms with E-state index < -0.39 is 0 Å². The van der Waals surface area contributed by atoms with Crippen LogP contribution >= 0.6 is 0 Å². The van der Waals surface area contributed by atoms with Crippen molar-refractivity contribution in [2.75, 3.05) is 0 Å². The van der Waals surface area contributed by atoms with Crippen molar-refractivity contribution >= 4 is 0 Å². The van der Waals surface area contributed by atoms with Gasteiger partial charge in [0.25, 0.3) is 0 Å². The van der Waals surface area contributed by atoms with Crippen LogP contribution in [0.3, 0.4) is 0 Å². The third-order valence-corrected chi connectivity index (χ3v) is 2.19. The first-order chi connectivity index (χ1) is 7.25. The molecule has 0 atom stereocenters. The van der Waals surface area contributed by atoms with Gasteiger partial charge in [0.1, 0.15) is 11.5 Å². The van der Waals surface area contributed by atoms with Gasteiger partial charge in [0.2, 0.25) is 0 Å². The molecular weight excluding hydrogens is 184 g/mol. The van der Waals surface area contributed by atoms with E-state index in [1.54, 1.807) is 0 Å². The molecule has 2 aromatic carbocycles. The van der Waals surface area contributed by atoms with Crippen LogP contribution in [0.2, 0.25) is 0 Å². The Kier molecular flexibility index (Phi) is 2.72. The van der Waals surface area contributed by atoms with Crippen molar-refractivity contribution in [2.24, 2.45) is 0 Å². The first-order valence-corrected chi connectivity index (χ1v) is 4.91. The Bertz CT molecular complexity index is 460. The molecule has 0 aliphatic carbocycles. The molecule has 0 amide bonds. The molecule has 0 bridgehead atoms. The highest BCUT2D eigenvalue weighted by atomic mass is 16.5. The lowest BCUT2D eigenvalue weighted by Crippen LogP contribution is -1.87. The van der Waals surface area contributed by atoms with Gasteiger partial charge in [0, 0.05) is 0 Å². The minimum Gasteiger partial charge on any atom is -0.457 e. The molecule has 2 aromatic rings. The minimum absolute atomic E-state index is 0.808. The maximum absolute atomic E-state index is 5.73. The maximum Gasteiger partial charge on any atom is 0.130 e. The fourth-order valence-corrected chi connectivity index (χ4v) is 1.41. The Morgan fingerprint density at radius 2 is 1.80 bits per heavy atom. The lowest BCUT2D eigenvalue weighted by Gasteiger charge is -2.08. The summed E-state index contributed by atoms with van der Waals surface area (Å²) < 4.78 is 5.73. The van der Waals surface area contributed by atoms with E-state index in [9.17, 15) is 0 Å². The molecule has 15 heavy (non-hydrogen) atoms. The molecule has 0 N–H and O–H groups in total. The van der Waals surface area contributed by atoms with E-state index in [1.165, 1.54) is 5.56 Å². The minimum atomic E-state index is 0.808. The fourth-order valence-electron chi connectivity index (χ4n) is 1.41. The summed E-state index contributed by atoms with van der Waals surface area (Å²) >= 11 is 0. The third kappa shape index (κ3) is 2.38. The van der Waals surface area contributed by atoms with Crippen molar-refractivity contribution in [3.63, 3.8) is 0 Å². The second-order valence-electron chi connectivity index (χ2n) is 3.53. The Morgan fingerprint density at radius 3 is 2.53 bits per heavy atom. The average Bonchev–Trinajstić information content (AvgIpc) is 2.22. The van der Waals surface area contributed by atoms with Crippen LogP contribution in [-0.4, -0.2) is 0 Å². The molecule has 0 aromatic heterocycles. The summed E-state index contributed by atoms with van der Waals surface area (Å²) in [6, 6.07) is 15.7. The summed E-state index contributed by atoms with van der Waals surface area (Å²) in [5, 5.41) is 0. The van der Waals surface area contributed by atoms with E-state index in [0.29, 0.717) is 0 Å². The van der Waals surface area contributed by atoms with Crippen molar-refractivity contribution in [2.45, 2.75) is 6.92 Å². The van der Waals surface area contributed by atoms with Crippen LogP contribution in [-0.2, 0) is 0 Å². The van der Waals surface area contributed by atoms with Gasteiger partial charge >= 0.3 is 0 Å². The summed E-state index contributed by atoms with van der Waals surface area (Å²) in [6.45, 7) is 5.96. The number of rotatable bonds is 2. The predicted molar refractivity (Wildman–Crippen MR) is 62.2 cm³/mol. The van der Waals surface area contributed by atoms with Crippen molar-refractivity contribution in [3.05, 3.63) is 66.6 Å². The zero-order valence-corrected chi connectivity index (χ0v) is 8.73. The number of hydrogen-bond donors (Lipinski definition) is 0. The van der Waals surface area contributed by atoms with E-state index in [-0.39, 0.29) is 0 Å². The van der Waals surface area contributed by atoms with Crippen LogP contribution in [0.5, 0.6) is 11.5 Å². The first kappa shape index (κ1) is 9.78. The van der Waals surface area contributed by atoms with Gasteiger partial charge in [-0.1, -0.05) is 30.3 Å². The second-order valence-corrected chi connectivity index (χ2v) is 3.53. The van der Waals surface area contributed by atoms with E-state index >= 15 is 0 Å². The van der Waals surface area contributed by atoms with Crippen LogP contribution in [0, 0.1) is 13.8 Å². The van der Waals surface area contributed by atoms with Crippen LogP contribution in [0.1, 0.15) is 11.1 Å². The van der Waals surface area contributed by atoms with Crippen LogP contribution in [0.15, 0.2) is 48.5 Å². The highest BCUT2D eigenvalue weighted by Crippen LogP contribution is 2.24. The fraction of sp³-hybridized carbons (Fsp3) is 0.0714. The quantitative estimate of drug-likeness (QED) is 0.707. The average molecular weight is 197 g/mol. The maximum atomic E-state index is 5.73. The number of para-hydroxylation sites is 1. The van der Waals surface area contributed by atoms with Gasteiger partial charge in [-0.15, -0.1) is 0 Å². The Morgan fingerprint density at radius 1 is 1.00 bits per heavy atom. The van der Waals surface area contributed by atoms with Crippen molar-refractivity contribution in [1.29, 1.82) is 0 Å². The van der Waals surface area contributed by atoms with Crippen molar-refractivity contribution in [1.82, 2.24) is 0 Å². The van der Waals surface area contributed by atoms with Gasteiger partial charge < -0.3 is 4.74 Å². The van der Waals surface area contributed by atoms with Gasteiger partial charge in [-0.05, 0) is 43.2 Å². The van der Waals surface area contributed by atoms with Crippen LogP contribution < -0.4 is 4.74 Å². The number of benzene rings is 2. The zero-order valence-electron chi connectivity index (χ0n) is 8.73. The van der Waals surface area contributed by atoms with Crippen LogP contribution in [0.25, 0.3) is 0 Å². The molecule has 0 aliphatic heterocycles. The van der Waals surface area contributed by atoms with Gasteiger partial charge in [-0.2, -0.15) is 0 Å². The molecule has 75 valence electrons.